The van der Waals surface area contributed by atoms with E-state index in [0.717, 1.165) is 12.0 Å². The zero-order chi connectivity index (χ0) is 14.9. The monoisotopic (exact) mass is 293 g/mol. The predicted molar refractivity (Wildman–Crippen MR) is 84.4 cm³/mol. The summed E-state index contributed by atoms with van der Waals surface area (Å²) in [5.41, 5.74) is 3.89. The normalized spacial score (nSPS) is 24.8. The third-order valence-electron chi connectivity index (χ3n) is 4.80. The Balaban J connectivity index is 1.35. The average molecular weight is 293 g/mol. The van der Waals surface area contributed by atoms with E-state index in [0.29, 0.717) is 18.4 Å². The van der Waals surface area contributed by atoms with Gasteiger partial charge in [0.25, 0.3) is 0 Å². The first-order valence-electron chi connectivity index (χ1n) is 7.84. The number of nitrogens with one attached hydrogen (secondary N) is 2. The molecule has 0 bridgehead atoms. The second kappa shape index (κ2) is 5.44. The van der Waals surface area contributed by atoms with Crippen molar-refractivity contribution in [2.45, 2.75) is 31.3 Å². The standard InChI is InChI=1S/C18H19N3O/c22-18(20-11-12-4-3-9-19-10-12)21-17-15-8-7-13-5-1-2-6-14(13)16(15)17/h1-6,9-10,15-17H,7-8,11H2,(H2,20,21,22)/t15-,16-,17+/m0/s1. The molecule has 0 spiro atoms. The van der Waals surface area contributed by atoms with Gasteiger partial charge in [0.15, 0.2) is 0 Å². The number of hydrogen-bond acceptors (Lipinski definition) is 2. The molecule has 0 saturated heterocycles. The van der Waals surface area contributed by atoms with Crippen LogP contribution in [0.4, 0.5) is 4.79 Å². The van der Waals surface area contributed by atoms with Gasteiger partial charge in [-0.1, -0.05) is 30.3 Å². The zero-order valence-corrected chi connectivity index (χ0v) is 12.3. The lowest BCUT2D eigenvalue weighted by Gasteiger charge is -2.13. The van der Waals surface area contributed by atoms with Crippen molar-refractivity contribution in [3.05, 3.63) is 65.5 Å². The van der Waals surface area contributed by atoms with Crippen LogP contribution < -0.4 is 10.6 Å². The maximum atomic E-state index is 12.1. The molecule has 4 heteroatoms. The van der Waals surface area contributed by atoms with Crippen LogP contribution in [-0.2, 0) is 13.0 Å². The number of aryl methyl sites for hydroxylation is 1. The molecule has 1 saturated carbocycles. The third-order valence-corrected chi connectivity index (χ3v) is 4.80. The highest BCUT2D eigenvalue weighted by molar-refractivity contribution is 5.75. The summed E-state index contributed by atoms with van der Waals surface area (Å²) in [6, 6.07) is 12.7. The second-order valence-electron chi connectivity index (χ2n) is 6.14. The van der Waals surface area contributed by atoms with Gasteiger partial charge in [-0.25, -0.2) is 4.79 Å². The van der Waals surface area contributed by atoms with Gasteiger partial charge in [-0.05, 0) is 41.5 Å². The van der Waals surface area contributed by atoms with Crippen molar-refractivity contribution in [3.63, 3.8) is 0 Å². The molecule has 2 aliphatic carbocycles. The molecular formula is C18H19N3O. The van der Waals surface area contributed by atoms with Crippen molar-refractivity contribution >= 4 is 6.03 Å². The van der Waals surface area contributed by atoms with E-state index in [1.165, 1.54) is 17.5 Å². The average Bonchev–Trinajstić information content (AvgIpc) is 3.27. The number of nitrogens with zero attached hydrogens (tertiary/aromatic N) is 1. The van der Waals surface area contributed by atoms with Crippen LogP contribution in [0.25, 0.3) is 0 Å². The highest BCUT2D eigenvalue weighted by Crippen LogP contribution is 2.54. The van der Waals surface area contributed by atoms with Gasteiger partial charge in [-0.2, -0.15) is 0 Å². The van der Waals surface area contributed by atoms with E-state index in [1.54, 1.807) is 12.4 Å². The van der Waals surface area contributed by atoms with Crippen LogP contribution >= 0.6 is 0 Å². The summed E-state index contributed by atoms with van der Waals surface area (Å²) in [5.74, 6) is 1.12. The SMILES string of the molecule is O=C(NCc1cccnc1)N[C@@H]1[C@H]2CCc3ccccc3[C@@H]21. The minimum Gasteiger partial charge on any atom is -0.334 e. The van der Waals surface area contributed by atoms with Crippen molar-refractivity contribution in [1.82, 2.24) is 15.6 Å². The Kier molecular flexibility index (Phi) is 3.29. The molecule has 4 nitrogen and oxygen atoms in total. The largest absolute Gasteiger partial charge is 0.334 e. The molecule has 2 N–H and O–H groups in total. The van der Waals surface area contributed by atoms with Gasteiger partial charge in [0.1, 0.15) is 0 Å². The van der Waals surface area contributed by atoms with Crippen molar-refractivity contribution in [3.8, 4) is 0 Å². The number of hydrogen-bond donors (Lipinski definition) is 2. The number of benzene rings is 1. The number of urea groups is 1. The number of rotatable bonds is 3. The summed E-state index contributed by atoms with van der Waals surface area (Å²) >= 11 is 0. The Labute approximate surface area is 130 Å². The van der Waals surface area contributed by atoms with Crippen molar-refractivity contribution < 1.29 is 4.79 Å². The van der Waals surface area contributed by atoms with Crippen LogP contribution in [0.15, 0.2) is 48.8 Å². The molecule has 1 fully saturated rings. The number of fused-ring (bicyclic) bond motifs is 3. The Morgan fingerprint density at radius 1 is 1.23 bits per heavy atom. The van der Waals surface area contributed by atoms with Gasteiger partial charge in [0, 0.05) is 30.9 Å². The maximum absolute atomic E-state index is 12.1. The van der Waals surface area contributed by atoms with Crippen LogP contribution in [0.3, 0.4) is 0 Å². The number of aromatic nitrogens is 1. The van der Waals surface area contributed by atoms with Crippen LogP contribution in [0.2, 0.25) is 0 Å². The van der Waals surface area contributed by atoms with Gasteiger partial charge in [-0.3, -0.25) is 4.98 Å². The van der Waals surface area contributed by atoms with Crippen molar-refractivity contribution in [2.75, 3.05) is 0 Å². The van der Waals surface area contributed by atoms with Crippen LogP contribution in [0.1, 0.15) is 29.0 Å². The van der Waals surface area contributed by atoms with Gasteiger partial charge in [0.05, 0.1) is 0 Å². The summed E-state index contributed by atoms with van der Waals surface area (Å²) in [7, 11) is 0. The molecule has 1 aromatic heterocycles. The molecule has 2 aliphatic rings. The minimum atomic E-state index is -0.0827. The summed E-state index contributed by atoms with van der Waals surface area (Å²) < 4.78 is 0. The number of carbonyl (C=O) groups excluding carboxylic acids is 1. The van der Waals surface area contributed by atoms with Crippen LogP contribution in [0, 0.1) is 5.92 Å². The molecule has 4 rings (SSSR count). The van der Waals surface area contributed by atoms with Gasteiger partial charge in [-0.15, -0.1) is 0 Å². The molecule has 3 atom stereocenters. The molecule has 0 unspecified atom stereocenters. The van der Waals surface area contributed by atoms with Crippen LogP contribution in [-0.4, -0.2) is 17.1 Å². The van der Waals surface area contributed by atoms with E-state index in [9.17, 15) is 4.79 Å². The highest BCUT2D eigenvalue weighted by Gasteiger charge is 2.53. The third kappa shape index (κ3) is 2.45. The first-order valence-corrected chi connectivity index (χ1v) is 7.84. The summed E-state index contributed by atoms with van der Waals surface area (Å²) in [6.45, 7) is 0.512. The summed E-state index contributed by atoms with van der Waals surface area (Å²) in [4.78, 5) is 16.1. The lowest BCUT2D eigenvalue weighted by atomic mass is 9.92. The second-order valence-corrected chi connectivity index (χ2v) is 6.14. The molecule has 1 heterocycles. The number of carbonyl (C=O) groups is 1. The van der Waals surface area contributed by atoms with Crippen molar-refractivity contribution in [1.29, 1.82) is 0 Å². The fraction of sp³-hybridized carbons (Fsp3) is 0.333. The van der Waals surface area contributed by atoms with E-state index < -0.39 is 0 Å². The smallest absolute Gasteiger partial charge is 0.315 e. The Bertz CT molecular complexity index is 686. The van der Waals surface area contributed by atoms with E-state index >= 15 is 0 Å². The molecular weight excluding hydrogens is 274 g/mol. The van der Waals surface area contributed by atoms with Gasteiger partial charge >= 0.3 is 6.03 Å². The minimum absolute atomic E-state index is 0.0827. The molecule has 0 aliphatic heterocycles. The number of pyridine rings is 1. The fourth-order valence-electron chi connectivity index (χ4n) is 3.65. The zero-order valence-electron chi connectivity index (χ0n) is 12.3. The fourth-order valence-corrected chi connectivity index (χ4v) is 3.65. The summed E-state index contributed by atoms with van der Waals surface area (Å²) in [5, 5.41) is 6.05. The molecule has 0 radical (unpaired) electrons. The summed E-state index contributed by atoms with van der Waals surface area (Å²) in [6.07, 6.45) is 5.81. The first kappa shape index (κ1) is 13.3. The van der Waals surface area contributed by atoms with E-state index in [-0.39, 0.29) is 12.1 Å². The van der Waals surface area contributed by atoms with E-state index in [4.69, 9.17) is 0 Å². The molecule has 2 amide bonds. The Morgan fingerprint density at radius 2 is 2.14 bits per heavy atom. The topological polar surface area (TPSA) is 54.0 Å². The maximum Gasteiger partial charge on any atom is 0.315 e. The molecule has 112 valence electrons. The lowest BCUT2D eigenvalue weighted by molar-refractivity contribution is 0.239. The highest BCUT2D eigenvalue weighted by atomic mass is 16.2. The Morgan fingerprint density at radius 3 is 3.00 bits per heavy atom. The molecule has 2 aromatic rings. The quantitative estimate of drug-likeness (QED) is 0.914. The van der Waals surface area contributed by atoms with E-state index in [1.807, 2.05) is 12.1 Å². The first-order chi connectivity index (χ1) is 10.8. The van der Waals surface area contributed by atoms with E-state index in [2.05, 4.69) is 39.9 Å². The Hall–Kier alpha value is -2.36. The number of amides is 2. The lowest BCUT2D eigenvalue weighted by Crippen LogP contribution is -2.37. The van der Waals surface area contributed by atoms with Crippen molar-refractivity contribution in [2.24, 2.45) is 5.92 Å². The predicted octanol–water partition coefficient (Wildman–Crippen LogP) is 2.61. The molecule has 22 heavy (non-hydrogen) atoms. The van der Waals surface area contributed by atoms with Gasteiger partial charge < -0.3 is 10.6 Å². The molecule has 1 aromatic carbocycles. The van der Waals surface area contributed by atoms with Crippen LogP contribution in [0.5, 0.6) is 0 Å². The van der Waals surface area contributed by atoms with Gasteiger partial charge in [0.2, 0.25) is 0 Å².